The van der Waals surface area contributed by atoms with Gasteiger partial charge in [0.05, 0.1) is 5.92 Å². The molecule has 0 aliphatic heterocycles. The van der Waals surface area contributed by atoms with Crippen molar-refractivity contribution in [2.75, 3.05) is 0 Å². The predicted molar refractivity (Wildman–Crippen MR) is 79.9 cm³/mol. The van der Waals surface area contributed by atoms with Gasteiger partial charge in [0.15, 0.2) is 0 Å². The number of halogens is 2. The van der Waals surface area contributed by atoms with Gasteiger partial charge >= 0.3 is 0 Å². The van der Waals surface area contributed by atoms with E-state index in [1.54, 1.807) is 0 Å². The van der Waals surface area contributed by atoms with E-state index in [0.29, 0.717) is 11.4 Å². The van der Waals surface area contributed by atoms with Crippen LogP contribution in [0.2, 0.25) is 5.02 Å². The van der Waals surface area contributed by atoms with Crippen LogP contribution in [0.25, 0.3) is 0 Å². The molecular weight excluding hydrogens is 279 g/mol. The maximum absolute atomic E-state index is 11.7. The van der Waals surface area contributed by atoms with Gasteiger partial charge in [-0.3, -0.25) is 4.79 Å². The van der Waals surface area contributed by atoms with Gasteiger partial charge in [-0.05, 0) is 53.8 Å². The Kier molecular flexibility index (Phi) is 4.62. The molecule has 98 valence electrons. The molecule has 0 radical (unpaired) electrons. The van der Waals surface area contributed by atoms with Gasteiger partial charge in [-0.1, -0.05) is 48.0 Å². The van der Waals surface area contributed by atoms with E-state index >= 15 is 0 Å². The quantitative estimate of drug-likeness (QED) is 0.744. The molecule has 19 heavy (non-hydrogen) atoms. The molecule has 0 saturated carbocycles. The third-order valence-corrected chi connectivity index (χ3v) is 3.71. The van der Waals surface area contributed by atoms with E-state index in [1.807, 2.05) is 55.5 Å². The largest absolute Gasteiger partial charge is 0.281 e. The summed E-state index contributed by atoms with van der Waals surface area (Å²) in [5, 5.41) is 0.359. The summed E-state index contributed by atoms with van der Waals surface area (Å²) >= 11 is 11.6. The van der Waals surface area contributed by atoms with Crippen molar-refractivity contribution in [3.63, 3.8) is 0 Å². The fraction of sp³-hybridized carbons (Fsp3) is 0.188. The first-order valence-electron chi connectivity index (χ1n) is 6.07. The molecule has 1 nitrogen and oxygen atoms in total. The smallest absolute Gasteiger partial charge is 0.229 e. The van der Waals surface area contributed by atoms with Crippen molar-refractivity contribution >= 4 is 28.4 Å². The Morgan fingerprint density at radius 3 is 2.32 bits per heavy atom. The average molecular weight is 293 g/mol. The highest BCUT2D eigenvalue weighted by Gasteiger charge is 2.20. The van der Waals surface area contributed by atoms with Crippen LogP contribution in [0.3, 0.4) is 0 Å². The highest BCUT2D eigenvalue weighted by molar-refractivity contribution is 6.64. The standard InChI is InChI=1S/C16H14Cl2O/c1-11-4-2-3-5-14(11)15(16(18)19)10-12-6-8-13(17)9-7-12/h2-9,15H,10H2,1H3. The van der Waals surface area contributed by atoms with Crippen LogP contribution in [-0.2, 0) is 11.2 Å². The number of rotatable bonds is 4. The van der Waals surface area contributed by atoms with Gasteiger partial charge in [0.25, 0.3) is 0 Å². The molecule has 0 fully saturated rings. The third-order valence-electron chi connectivity index (χ3n) is 3.19. The number of carbonyl (C=O) groups excluding carboxylic acids is 1. The van der Waals surface area contributed by atoms with Crippen molar-refractivity contribution in [3.05, 3.63) is 70.2 Å². The lowest BCUT2D eigenvalue weighted by Gasteiger charge is -2.15. The second-order valence-corrected chi connectivity index (χ2v) is 5.35. The summed E-state index contributed by atoms with van der Waals surface area (Å²) in [5.74, 6) is -0.316. The summed E-state index contributed by atoms with van der Waals surface area (Å²) in [7, 11) is 0. The van der Waals surface area contributed by atoms with Crippen LogP contribution >= 0.6 is 23.2 Å². The first-order valence-corrected chi connectivity index (χ1v) is 6.83. The minimum absolute atomic E-state index is 0.316. The zero-order valence-electron chi connectivity index (χ0n) is 10.6. The van der Waals surface area contributed by atoms with E-state index in [1.165, 1.54) is 0 Å². The summed E-state index contributed by atoms with van der Waals surface area (Å²) in [6.45, 7) is 1.99. The summed E-state index contributed by atoms with van der Waals surface area (Å²) in [6, 6.07) is 15.3. The maximum Gasteiger partial charge on any atom is 0.229 e. The Bertz CT molecular complexity index is 576. The molecule has 0 spiro atoms. The van der Waals surface area contributed by atoms with E-state index in [9.17, 15) is 4.79 Å². The molecule has 0 heterocycles. The molecule has 0 amide bonds. The molecule has 0 aromatic heterocycles. The van der Waals surface area contributed by atoms with Crippen molar-refractivity contribution in [3.8, 4) is 0 Å². The van der Waals surface area contributed by atoms with Crippen LogP contribution < -0.4 is 0 Å². The van der Waals surface area contributed by atoms with Crippen molar-refractivity contribution in [2.45, 2.75) is 19.3 Å². The number of aryl methyl sites for hydroxylation is 1. The Balaban J connectivity index is 2.29. The van der Waals surface area contributed by atoms with Gasteiger partial charge in [-0.15, -0.1) is 0 Å². The number of carbonyl (C=O) groups is 1. The molecule has 2 rings (SSSR count). The lowest BCUT2D eigenvalue weighted by atomic mass is 9.90. The summed E-state index contributed by atoms with van der Waals surface area (Å²) < 4.78 is 0. The van der Waals surface area contributed by atoms with Gasteiger partial charge in [-0.2, -0.15) is 0 Å². The second kappa shape index (κ2) is 6.23. The Morgan fingerprint density at radius 2 is 1.74 bits per heavy atom. The average Bonchev–Trinajstić information content (AvgIpc) is 2.39. The zero-order valence-corrected chi connectivity index (χ0v) is 12.1. The molecule has 2 aromatic carbocycles. The van der Waals surface area contributed by atoms with Gasteiger partial charge in [0, 0.05) is 5.02 Å². The molecule has 1 atom stereocenters. The Labute approximate surface area is 123 Å². The topological polar surface area (TPSA) is 17.1 Å². The van der Waals surface area contributed by atoms with E-state index in [2.05, 4.69) is 0 Å². The SMILES string of the molecule is Cc1ccccc1C(Cc1ccc(Cl)cc1)C(=O)Cl. The van der Waals surface area contributed by atoms with E-state index in [-0.39, 0.29) is 11.2 Å². The summed E-state index contributed by atoms with van der Waals surface area (Å²) in [4.78, 5) is 11.7. The van der Waals surface area contributed by atoms with Gasteiger partial charge in [0.1, 0.15) is 0 Å². The monoisotopic (exact) mass is 292 g/mol. The fourth-order valence-electron chi connectivity index (χ4n) is 2.15. The molecule has 2 aromatic rings. The Morgan fingerprint density at radius 1 is 1.11 bits per heavy atom. The molecule has 0 N–H and O–H groups in total. The fourth-order valence-corrected chi connectivity index (χ4v) is 2.47. The lowest BCUT2D eigenvalue weighted by molar-refractivity contribution is -0.113. The predicted octanol–water partition coefficient (Wildman–Crippen LogP) is 4.74. The number of benzene rings is 2. The van der Waals surface area contributed by atoms with Crippen LogP contribution in [0, 0.1) is 6.92 Å². The maximum atomic E-state index is 11.7. The van der Waals surface area contributed by atoms with E-state index in [4.69, 9.17) is 23.2 Å². The van der Waals surface area contributed by atoms with Crippen molar-refractivity contribution in [1.29, 1.82) is 0 Å². The second-order valence-electron chi connectivity index (χ2n) is 4.54. The van der Waals surface area contributed by atoms with Crippen LogP contribution in [0.5, 0.6) is 0 Å². The normalized spacial score (nSPS) is 12.2. The number of hydrogen-bond donors (Lipinski definition) is 0. The minimum atomic E-state index is -0.329. The highest BCUT2D eigenvalue weighted by atomic mass is 35.5. The van der Waals surface area contributed by atoms with Crippen LogP contribution in [0.4, 0.5) is 0 Å². The zero-order chi connectivity index (χ0) is 13.8. The van der Waals surface area contributed by atoms with Crippen LogP contribution in [0.15, 0.2) is 48.5 Å². The van der Waals surface area contributed by atoms with Gasteiger partial charge in [-0.25, -0.2) is 0 Å². The minimum Gasteiger partial charge on any atom is -0.281 e. The molecule has 3 heteroatoms. The summed E-state index contributed by atoms with van der Waals surface area (Å²) in [6.07, 6.45) is 0.588. The highest BCUT2D eigenvalue weighted by Crippen LogP contribution is 2.26. The van der Waals surface area contributed by atoms with Gasteiger partial charge < -0.3 is 0 Å². The molecule has 0 bridgehead atoms. The van der Waals surface area contributed by atoms with Crippen LogP contribution in [-0.4, -0.2) is 5.24 Å². The molecule has 0 aliphatic carbocycles. The van der Waals surface area contributed by atoms with Crippen LogP contribution in [0.1, 0.15) is 22.6 Å². The molecule has 1 unspecified atom stereocenters. The van der Waals surface area contributed by atoms with Crippen molar-refractivity contribution in [2.24, 2.45) is 0 Å². The first kappa shape index (κ1) is 14.1. The lowest BCUT2D eigenvalue weighted by Crippen LogP contribution is -2.11. The third kappa shape index (κ3) is 3.59. The van der Waals surface area contributed by atoms with Crippen molar-refractivity contribution < 1.29 is 4.79 Å². The summed E-state index contributed by atoms with van der Waals surface area (Å²) in [5.41, 5.74) is 3.11. The molecular formula is C16H14Cl2O. The molecule has 0 saturated heterocycles. The van der Waals surface area contributed by atoms with Gasteiger partial charge in [0.2, 0.25) is 5.24 Å². The van der Waals surface area contributed by atoms with E-state index < -0.39 is 0 Å². The first-order chi connectivity index (χ1) is 9.08. The van der Waals surface area contributed by atoms with Crippen molar-refractivity contribution in [1.82, 2.24) is 0 Å². The number of hydrogen-bond acceptors (Lipinski definition) is 1. The van der Waals surface area contributed by atoms with E-state index in [0.717, 1.165) is 16.7 Å². The Hall–Kier alpha value is -1.31. The molecule has 0 aliphatic rings.